The SMILES string of the molecule is O=C(O)CC(=O)NCCc1ccccn1. The summed E-state index contributed by atoms with van der Waals surface area (Å²) in [5, 5.41) is 10.8. The molecule has 5 heteroatoms. The molecule has 0 radical (unpaired) electrons. The van der Waals surface area contributed by atoms with Gasteiger partial charge in [0.15, 0.2) is 0 Å². The van der Waals surface area contributed by atoms with Gasteiger partial charge in [-0.15, -0.1) is 0 Å². The third-order valence-electron chi connectivity index (χ3n) is 1.74. The van der Waals surface area contributed by atoms with Gasteiger partial charge in [-0.2, -0.15) is 0 Å². The quantitative estimate of drug-likeness (QED) is 0.678. The Balaban J connectivity index is 2.22. The smallest absolute Gasteiger partial charge is 0.312 e. The van der Waals surface area contributed by atoms with E-state index in [1.165, 1.54) is 0 Å². The molecule has 0 aliphatic heterocycles. The molecule has 0 saturated carbocycles. The molecule has 1 rings (SSSR count). The number of hydrogen-bond donors (Lipinski definition) is 2. The largest absolute Gasteiger partial charge is 0.481 e. The number of aliphatic carboxylic acids is 1. The summed E-state index contributed by atoms with van der Waals surface area (Å²) in [5.41, 5.74) is 0.869. The Morgan fingerprint density at radius 3 is 2.80 bits per heavy atom. The molecule has 80 valence electrons. The van der Waals surface area contributed by atoms with E-state index in [4.69, 9.17) is 5.11 Å². The van der Waals surface area contributed by atoms with Crippen molar-refractivity contribution in [2.75, 3.05) is 6.54 Å². The lowest BCUT2D eigenvalue weighted by molar-refractivity contribution is -0.140. The average Bonchev–Trinajstić information content (AvgIpc) is 2.18. The van der Waals surface area contributed by atoms with Crippen molar-refractivity contribution in [1.82, 2.24) is 10.3 Å². The third kappa shape index (κ3) is 4.75. The van der Waals surface area contributed by atoms with E-state index in [0.29, 0.717) is 13.0 Å². The van der Waals surface area contributed by atoms with E-state index in [-0.39, 0.29) is 0 Å². The number of amides is 1. The molecule has 1 heterocycles. The Bertz CT molecular complexity index is 338. The van der Waals surface area contributed by atoms with Crippen LogP contribution in [0, 0.1) is 0 Å². The van der Waals surface area contributed by atoms with Gasteiger partial charge in [0.05, 0.1) is 0 Å². The molecule has 0 atom stereocenters. The maximum atomic E-state index is 10.9. The molecule has 1 aromatic rings. The van der Waals surface area contributed by atoms with Gasteiger partial charge in [0.25, 0.3) is 0 Å². The zero-order chi connectivity index (χ0) is 11.1. The van der Waals surface area contributed by atoms with E-state index < -0.39 is 18.3 Å². The van der Waals surface area contributed by atoms with Crippen molar-refractivity contribution in [3.63, 3.8) is 0 Å². The maximum Gasteiger partial charge on any atom is 0.312 e. The lowest BCUT2D eigenvalue weighted by Crippen LogP contribution is -2.27. The first-order valence-corrected chi connectivity index (χ1v) is 4.57. The third-order valence-corrected chi connectivity index (χ3v) is 1.74. The number of pyridine rings is 1. The van der Waals surface area contributed by atoms with Gasteiger partial charge in [-0.25, -0.2) is 0 Å². The van der Waals surface area contributed by atoms with Crippen molar-refractivity contribution in [1.29, 1.82) is 0 Å². The molecule has 0 aliphatic carbocycles. The van der Waals surface area contributed by atoms with Crippen molar-refractivity contribution in [2.24, 2.45) is 0 Å². The highest BCUT2D eigenvalue weighted by Crippen LogP contribution is 1.93. The van der Waals surface area contributed by atoms with Gasteiger partial charge in [-0.1, -0.05) is 6.07 Å². The monoisotopic (exact) mass is 208 g/mol. The van der Waals surface area contributed by atoms with Crippen LogP contribution in [0.25, 0.3) is 0 Å². The van der Waals surface area contributed by atoms with Crippen molar-refractivity contribution >= 4 is 11.9 Å². The number of nitrogens with zero attached hydrogens (tertiary/aromatic N) is 1. The van der Waals surface area contributed by atoms with E-state index in [9.17, 15) is 9.59 Å². The Hall–Kier alpha value is -1.91. The van der Waals surface area contributed by atoms with Crippen LogP contribution >= 0.6 is 0 Å². The number of hydrogen-bond acceptors (Lipinski definition) is 3. The van der Waals surface area contributed by atoms with Crippen molar-refractivity contribution in [2.45, 2.75) is 12.8 Å². The van der Waals surface area contributed by atoms with E-state index in [1.54, 1.807) is 6.20 Å². The molecule has 2 N–H and O–H groups in total. The van der Waals surface area contributed by atoms with Gasteiger partial charge in [-0.05, 0) is 12.1 Å². The standard InChI is InChI=1S/C10H12N2O3/c13-9(7-10(14)15)12-6-4-8-3-1-2-5-11-8/h1-3,5H,4,6-7H2,(H,12,13)(H,14,15). The topological polar surface area (TPSA) is 79.3 Å². The highest BCUT2D eigenvalue weighted by atomic mass is 16.4. The van der Waals surface area contributed by atoms with Crippen molar-refractivity contribution in [3.05, 3.63) is 30.1 Å². The van der Waals surface area contributed by atoms with Crippen LogP contribution in [0.5, 0.6) is 0 Å². The second-order valence-corrected chi connectivity index (χ2v) is 2.99. The maximum absolute atomic E-state index is 10.9. The second kappa shape index (κ2) is 5.74. The molecule has 0 aliphatic rings. The van der Waals surface area contributed by atoms with Crippen LogP contribution in [0.15, 0.2) is 24.4 Å². The summed E-state index contributed by atoms with van der Waals surface area (Å²) in [6.07, 6.45) is 1.79. The summed E-state index contributed by atoms with van der Waals surface area (Å²) in [4.78, 5) is 25.2. The van der Waals surface area contributed by atoms with E-state index in [1.807, 2.05) is 18.2 Å². The Kier molecular flexibility index (Phi) is 4.28. The van der Waals surface area contributed by atoms with Crippen LogP contribution in [0.3, 0.4) is 0 Å². The van der Waals surface area contributed by atoms with Gasteiger partial charge in [0.1, 0.15) is 6.42 Å². The summed E-state index contributed by atoms with van der Waals surface area (Å²) >= 11 is 0. The van der Waals surface area contributed by atoms with Crippen LogP contribution in [-0.2, 0) is 16.0 Å². The Labute approximate surface area is 87.1 Å². The zero-order valence-electron chi connectivity index (χ0n) is 8.14. The molecule has 0 aromatic carbocycles. The number of carbonyl (C=O) groups is 2. The van der Waals surface area contributed by atoms with Crippen LogP contribution in [0.1, 0.15) is 12.1 Å². The van der Waals surface area contributed by atoms with Crippen LogP contribution in [0.4, 0.5) is 0 Å². The van der Waals surface area contributed by atoms with E-state index in [2.05, 4.69) is 10.3 Å². The van der Waals surface area contributed by atoms with Crippen LogP contribution in [-0.4, -0.2) is 28.5 Å². The van der Waals surface area contributed by atoms with Crippen LogP contribution < -0.4 is 5.32 Å². The number of carbonyl (C=O) groups excluding carboxylic acids is 1. The fraction of sp³-hybridized carbons (Fsp3) is 0.300. The summed E-state index contributed by atoms with van der Waals surface area (Å²) in [6, 6.07) is 5.53. The molecule has 0 unspecified atom stereocenters. The first-order valence-electron chi connectivity index (χ1n) is 4.57. The molecule has 0 saturated heterocycles. The molecule has 1 aromatic heterocycles. The van der Waals surface area contributed by atoms with Crippen molar-refractivity contribution < 1.29 is 14.7 Å². The first-order chi connectivity index (χ1) is 7.18. The summed E-state index contributed by atoms with van der Waals surface area (Å²) in [6.45, 7) is 0.406. The molecular formula is C10H12N2O3. The zero-order valence-corrected chi connectivity index (χ0v) is 8.14. The van der Waals surface area contributed by atoms with E-state index >= 15 is 0 Å². The van der Waals surface area contributed by atoms with Gasteiger partial charge in [0.2, 0.25) is 5.91 Å². The number of rotatable bonds is 5. The lowest BCUT2D eigenvalue weighted by Gasteiger charge is -2.02. The number of aromatic nitrogens is 1. The highest BCUT2D eigenvalue weighted by molar-refractivity contribution is 5.93. The predicted octanol–water partition coefficient (Wildman–Crippen LogP) is 0.215. The minimum absolute atomic E-state index is 0.406. The molecular weight excluding hydrogens is 196 g/mol. The normalized spacial score (nSPS) is 9.60. The molecule has 15 heavy (non-hydrogen) atoms. The first kappa shape index (κ1) is 11.2. The van der Waals surface area contributed by atoms with E-state index in [0.717, 1.165) is 5.69 Å². The second-order valence-electron chi connectivity index (χ2n) is 2.99. The van der Waals surface area contributed by atoms with Crippen molar-refractivity contribution in [3.8, 4) is 0 Å². The fourth-order valence-electron chi connectivity index (χ4n) is 1.08. The Morgan fingerprint density at radius 2 is 2.20 bits per heavy atom. The number of nitrogens with one attached hydrogen (secondary N) is 1. The molecule has 0 fully saturated rings. The van der Waals surface area contributed by atoms with Gasteiger partial charge in [-0.3, -0.25) is 14.6 Å². The number of carboxylic acid groups (broad SMARTS) is 1. The summed E-state index contributed by atoms with van der Waals surface area (Å²) in [7, 11) is 0. The highest BCUT2D eigenvalue weighted by Gasteiger charge is 2.05. The fourth-order valence-corrected chi connectivity index (χ4v) is 1.08. The number of carboxylic acids is 1. The minimum atomic E-state index is -1.12. The van der Waals surface area contributed by atoms with Gasteiger partial charge >= 0.3 is 5.97 Å². The molecule has 1 amide bonds. The average molecular weight is 208 g/mol. The molecule has 0 spiro atoms. The molecule has 0 bridgehead atoms. The Morgan fingerprint density at radius 1 is 1.40 bits per heavy atom. The molecule has 5 nitrogen and oxygen atoms in total. The van der Waals surface area contributed by atoms with Gasteiger partial charge in [0, 0.05) is 24.9 Å². The van der Waals surface area contributed by atoms with Gasteiger partial charge < -0.3 is 10.4 Å². The minimum Gasteiger partial charge on any atom is -0.481 e. The van der Waals surface area contributed by atoms with Crippen LogP contribution in [0.2, 0.25) is 0 Å². The lowest BCUT2D eigenvalue weighted by atomic mass is 10.2. The predicted molar refractivity (Wildman–Crippen MR) is 53.2 cm³/mol. The summed E-state index contributed by atoms with van der Waals surface area (Å²) in [5.74, 6) is -1.59. The summed E-state index contributed by atoms with van der Waals surface area (Å²) < 4.78 is 0.